The summed E-state index contributed by atoms with van der Waals surface area (Å²) in [5.41, 5.74) is 0.509. The molecule has 2 amide bonds. The number of hydrogen-bond acceptors (Lipinski definition) is 4. The van der Waals surface area contributed by atoms with Crippen LogP contribution in [0.5, 0.6) is 0 Å². The van der Waals surface area contributed by atoms with Crippen molar-refractivity contribution in [3.05, 3.63) is 34.3 Å². The highest BCUT2D eigenvalue weighted by molar-refractivity contribution is 9.10. The Morgan fingerprint density at radius 2 is 2.26 bits per heavy atom. The van der Waals surface area contributed by atoms with E-state index in [-0.39, 0.29) is 18.4 Å². The summed E-state index contributed by atoms with van der Waals surface area (Å²) in [6, 6.07) is 6.99. The lowest BCUT2D eigenvalue weighted by atomic mass is 10.2. The normalized spacial score (nSPS) is 13.8. The number of halogens is 1. The fraction of sp³-hybridized carbons (Fsp3) is 0.250. The number of carbonyl (C=O) groups is 2. The Morgan fingerprint density at radius 1 is 1.42 bits per heavy atom. The van der Waals surface area contributed by atoms with Gasteiger partial charge in [-0.1, -0.05) is 33.8 Å². The number of amides is 2. The number of thioether (sulfide) groups is 1. The van der Waals surface area contributed by atoms with E-state index < -0.39 is 0 Å². The standard InChI is InChI=1S/C12H12BrN3O2S/c13-9-3-1-2-8(6-9)11(18)15-7-10(17)16-12-14-4-5-19-12/h1-3,6H,4-5,7H2,(H,15,18)(H,14,16,17). The largest absolute Gasteiger partial charge is 0.343 e. The number of nitrogens with zero attached hydrogens (tertiary/aromatic N) is 1. The topological polar surface area (TPSA) is 70.6 Å². The molecule has 0 saturated carbocycles. The number of amidine groups is 1. The fourth-order valence-electron chi connectivity index (χ4n) is 1.47. The highest BCUT2D eigenvalue weighted by atomic mass is 79.9. The first-order valence-electron chi connectivity index (χ1n) is 5.66. The maximum atomic E-state index is 11.8. The van der Waals surface area contributed by atoms with Gasteiger partial charge in [-0.25, -0.2) is 0 Å². The minimum atomic E-state index is -0.280. The van der Waals surface area contributed by atoms with Crippen molar-refractivity contribution in [1.82, 2.24) is 10.6 Å². The van der Waals surface area contributed by atoms with E-state index in [1.54, 1.807) is 18.2 Å². The number of aliphatic imine (C=N–C) groups is 1. The van der Waals surface area contributed by atoms with Crippen molar-refractivity contribution >= 4 is 44.7 Å². The van der Waals surface area contributed by atoms with Gasteiger partial charge < -0.3 is 10.6 Å². The van der Waals surface area contributed by atoms with Crippen LogP contribution in [0.2, 0.25) is 0 Å². The predicted octanol–water partition coefficient (Wildman–Crippen LogP) is 1.40. The number of nitrogens with one attached hydrogen (secondary N) is 2. The number of benzene rings is 1. The summed E-state index contributed by atoms with van der Waals surface area (Å²) in [6.07, 6.45) is 0. The number of hydrogen-bond donors (Lipinski definition) is 2. The molecule has 5 nitrogen and oxygen atoms in total. The van der Waals surface area contributed by atoms with Crippen LogP contribution in [0.15, 0.2) is 33.7 Å². The van der Waals surface area contributed by atoms with Crippen LogP contribution in [0, 0.1) is 0 Å². The van der Waals surface area contributed by atoms with Gasteiger partial charge in [-0.15, -0.1) is 0 Å². The molecule has 1 aromatic carbocycles. The quantitative estimate of drug-likeness (QED) is 0.872. The van der Waals surface area contributed by atoms with E-state index in [2.05, 4.69) is 31.6 Å². The van der Waals surface area contributed by atoms with Crippen molar-refractivity contribution in [2.45, 2.75) is 0 Å². The van der Waals surface area contributed by atoms with Crippen LogP contribution in [-0.2, 0) is 4.79 Å². The third kappa shape index (κ3) is 4.36. The molecule has 1 aromatic rings. The first kappa shape index (κ1) is 14.1. The summed E-state index contributed by atoms with van der Waals surface area (Å²) in [6.45, 7) is 0.662. The molecule has 1 aliphatic heterocycles. The Labute approximate surface area is 123 Å². The first-order chi connectivity index (χ1) is 9.15. The molecule has 0 bridgehead atoms. The van der Waals surface area contributed by atoms with Crippen molar-refractivity contribution in [2.24, 2.45) is 4.99 Å². The smallest absolute Gasteiger partial charge is 0.251 e. The third-order valence-electron chi connectivity index (χ3n) is 2.33. The molecule has 0 saturated heterocycles. The second-order valence-electron chi connectivity index (χ2n) is 3.78. The van der Waals surface area contributed by atoms with Gasteiger partial charge in [-0.2, -0.15) is 0 Å². The van der Waals surface area contributed by atoms with E-state index in [9.17, 15) is 9.59 Å². The Bertz CT molecular complexity index is 533. The van der Waals surface area contributed by atoms with Gasteiger partial charge in [0.1, 0.15) is 0 Å². The van der Waals surface area contributed by atoms with Crippen molar-refractivity contribution in [2.75, 3.05) is 18.8 Å². The second kappa shape index (κ2) is 6.72. The average Bonchev–Trinajstić information content (AvgIpc) is 2.88. The lowest BCUT2D eigenvalue weighted by Crippen LogP contribution is -2.38. The molecule has 0 unspecified atom stereocenters. The molecule has 19 heavy (non-hydrogen) atoms. The van der Waals surface area contributed by atoms with E-state index in [0.29, 0.717) is 10.7 Å². The zero-order valence-corrected chi connectivity index (χ0v) is 12.4. The number of carbonyl (C=O) groups excluding carboxylic acids is 2. The molecule has 7 heteroatoms. The summed E-state index contributed by atoms with van der Waals surface area (Å²) >= 11 is 4.79. The van der Waals surface area contributed by atoms with E-state index in [4.69, 9.17) is 0 Å². The van der Waals surface area contributed by atoms with Crippen LogP contribution in [0.4, 0.5) is 0 Å². The van der Waals surface area contributed by atoms with Crippen LogP contribution < -0.4 is 10.6 Å². The monoisotopic (exact) mass is 341 g/mol. The van der Waals surface area contributed by atoms with Crippen molar-refractivity contribution < 1.29 is 9.59 Å². The van der Waals surface area contributed by atoms with Gasteiger partial charge in [-0.3, -0.25) is 14.6 Å². The van der Waals surface area contributed by atoms with Gasteiger partial charge in [0, 0.05) is 15.8 Å². The van der Waals surface area contributed by atoms with E-state index in [1.165, 1.54) is 11.8 Å². The maximum absolute atomic E-state index is 11.8. The van der Waals surface area contributed by atoms with Crippen LogP contribution in [0.3, 0.4) is 0 Å². The summed E-state index contributed by atoms with van der Waals surface area (Å²) in [5, 5.41) is 5.84. The molecule has 0 atom stereocenters. The van der Waals surface area contributed by atoms with Gasteiger partial charge in [0.25, 0.3) is 5.91 Å². The average molecular weight is 342 g/mol. The molecule has 1 heterocycles. The lowest BCUT2D eigenvalue weighted by molar-refractivity contribution is -0.118. The molecular formula is C12H12BrN3O2S. The summed E-state index contributed by atoms with van der Waals surface area (Å²) in [4.78, 5) is 27.5. The Kier molecular flexibility index (Phi) is 4.98. The zero-order chi connectivity index (χ0) is 13.7. The van der Waals surface area contributed by atoms with Crippen LogP contribution in [0.25, 0.3) is 0 Å². The summed E-state index contributed by atoms with van der Waals surface area (Å²) < 4.78 is 0.821. The van der Waals surface area contributed by atoms with Gasteiger partial charge in [0.05, 0.1) is 13.1 Å². The Hall–Kier alpha value is -1.34. The summed E-state index contributed by atoms with van der Waals surface area (Å²) in [5.74, 6) is 0.342. The molecule has 100 valence electrons. The van der Waals surface area contributed by atoms with Gasteiger partial charge in [-0.05, 0) is 18.2 Å². The summed E-state index contributed by atoms with van der Waals surface area (Å²) in [7, 11) is 0. The first-order valence-corrected chi connectivity index (χ1v) is 7.44. The SMILES string of the molecule is O=C(CNC(=O)c1cccc(Br)c1)NC1=NCCS1. The van der Waals surface area contributed by atoms with E-state index in [0.717, 1.165) is 16.8 Å². The molecule has 1 aliphatic rings. The Balaban J connectivity index is 1.81. The highest BCUT2D eigenvalue weighted by Crippen LogP contribution is 2.11. The molecule has 2 N–H and O–H groups in total. The van der Waals surface area contributed by atoms with Crippen LogP contribution in [-0.4, -0.2) is 35.8 Å². The molecular weight excluding hydrogens is 330 g/mol. The molecule has 0 aliphatic carbocycles. The van der Waals surface area contributed by atoms with Gasteiger partial charge in [0.2, 0.25) is 5.91 Å². The molecule has 0 radical (unpaired) electrons. The molecule has 2 rings (SSSR count). The van der Waals surface area contributed by atoms with E-state index >= 15 is 0 Å². The predicted molar refractivity (Wildman–Crippen MR) is 79.4 cm³/mol. The molecule has 0 aromatic heterocycles. The molecule has 0 spiro atoms. The fourth-order valence-corrected chi connectivity index (χ4v) is 2.61. The third-order valence-corrected chi connectivity index (χ3v) is 3.71. The Morgan fingerprint density at radius 3 is 2.95 bits per heavy atom. The van der Waals surface area contributed by atoms with Crippen LogP contribution >= 0.6 is 27.7 Å². The molecule has 0 fully saturated rings. The lowest BCUT2D eigenvalue weighted by Gasteiger charge is -2.06. The van der Waals surface area contributed by atoms with E-state index in [1.807, 2.05) is 6.07 Å². The van der Waals surface area contributed by atoms with Gasteiger partial charge >= 0.3 is 0 Å². The second-order valence-corrected chi connectivity index (χ2v) is 5.78. The zero-order valence-electron chi connectivity index (χ0n) is 9.98. The minimum absolute atomic E-state index is 0.0646. The minimum Gasteiger partial charge on any atom is -0.343 e. The number of rotatable bonds is 3. The maximum Gasteiger partial charge on any atom is 0.251 e. The highest BCUT2D eigenvalue weighted by Gasteiger charge is 2.12. The van der Waals surface area contributed by atoms with Crippen molar-refractivity contribution in [3.63, 3.8) is 0 Å². The van der Waals surface area contributed by atoms with Gasteiger partial charge in [0.15, 0.2) is 5.17 Å². The van der Waals surface area contributed by atoms with Crippen molar-refractivity contribution in [1.29, 1.82) is 0 Å². The van der Waals surface area contributed by atoms with Crippen LogP contribution in [0.1, 0.15) is 10.4 Å². The van der Waals surface area contributed by atoms with Crippen molar-refractivity contribution in [3.8, 4) is 0 Å².